The quantitative estimate of drug-likeness (QED) is 0.850. The van der Waals surface area contributed by atoms with Crippen molar-refractivity contribution in [1.82, 2.24) is 9.29 Å². The van der Waals surface area contributed by atoms with Gasteiger partial charge in [0.1, 0.15) is 4.34 Å². The van der Waals surface area contributed by atoms with Crippen molar-refractivity contribution in [3.05, 3.63) is 18.2 Å². The molecule has 4 nitrogen and oxygen atoms in total. The van der Waals surface area contributed by atoms with Crippen LogP contribution in [0.15, 0.2) is 27.4 Å². The third kappa shape index (κ3) is 1.95. The molecule has 0 amide bonds. The van der Waals surface area contributed by atoms with Crippen LogP contribution in [0.1, 0.15) is 0 Å². The number of thiol groups is 1. The van der Waals surface area contributed by atoms with Gasteiger partial charge in [0.05, 0.1) is 15.1 Å². The van der Waals surface area contributed by atoms with Crippen molar-refractivity contribution in [2.45, 2.75) is 9.24 Å². The van der Waals surface area contributed by atoms with Crippen LogP contribution in [0.5, 0.6) is 0 Å². The van der Waals surface area contributed by atoms with E-state index in [0.29, 0.717) is 9.86 Å². The standard InChI is InChI=1S/C9H10N2O2S3/c1-11(2)16(12,13)6-3-4-8-7(5-6)10-9(14)15-8/h3-5H,1-2H3,(H,10,14). The normalized spacial score (nSPS) is 12.5. The summed E-state index contributed by atoms with van der Waals surface area (Å²) in [6.07, 6.45) is 0. The second kappa shape index (κ2) is 3.99. The van der Waals surface area contributed by atoms with Crippen LogP contribution in [-0.4, -0.2) is 31.8 Å². The second-order valence-corrected chi connectivity index (χ2v) is 7.32. The van der Waals surface area contributed by atoms with Gasteiger partial charge in [0.15, 0.2) is 0 Å². The largest absolute Gasteiger partial charge is 0.242 e. The number of sulfonamides is 1. The number of hydrogen-bond donors (Lipinski definition) is 1. The molecule has 0 aliphatic heterocycles. The molecule has 0 saturated carbocycles. The van der Waals surface area contributed by atoms with E-state index in [-0.39, 0.29) is 4.90 Å². The van der Waals surface area contributed by atoms with E-state index in [2.05, 4.69) is 17.6 Å². The number of aromatic nitrogens is 1. The molecule has 0 fully saturated rings. The predicted octanol–water partition coefficient (Wildman–Crippen LogP) is 1.84. The van der Waals surface area contributed by atoms with Crippen LogP contribution < -0.4 is 0 Å². The number of benzene rings is 1. The maximum atomic E-state index is 11.9. The van der Waals surface area contributed by atoms with Gasteiger partial charge >= 0.3 is 0 Å². The fourth-order valence-electron chi connectivity index (χ4n) is 1.27. The molecule has 1 aromatic heterocycles. The minimum absolute atomic E-state index is 0.253. The molecule has 7 heteroatoms. The fourth-order valence-corrected chi connectivity index (χ4v) is 3.28. The summed E-state index contributed by atoms with van der Waals surface area (Å²) in [5.74, 6) is 0. The Morgan fingerprint density at radius 2 is 2.06 bits per heavy atom. The molecule has 16 heavy (non-hydrogen) atoms. The van der Waals surface area contributed by atoms with Crippen molar-refractivity contribution < 1.29 is 8.42 Å². The van der Waals surface area contributed by atoms with Crippen molar-refractivity contribution in [3.63, 3.8) is 0 Å². The first kappa shape index (κ1) is 11.8. The van der Waals surface area contributed by atoms with E-state index in [9.17, 15) is 8.42 Å². The Labute approximate surface area is 103 Å². The van der Waals surface area contributed by atoms with Crippen molar-refractivity contribution in [2.24, 2.45) is 0 Å². The summed E-state index contributed by atoms with van der Waals surface area (Å²) in [6.45, 7) is 0. The fraction of sp³-hybridized carbons (Fsp3) is 0.222. The molecule has 86 valence electrons. The van der Waals surface area contributed by atoms with Gasteiger partial charge in [-0.15, -0.1) is 24.0 Å². The number of nitrogens with zero attached hydrogens (tertiary/aromatic N) is 2. The molecule has 0 bridgehead atoms. The van der Waals surface area contributed by atoms with Crippen LogP contribution in [0.2, 0.25) is 0 Å². The minimum atomic E-state index is -3.39. The lowest BCUT2D eigenvalue weighted by Gasteiger charge is -2.10. The highest BCUT2D eigenvalue weighted by Crippen LogP contribution is 2.27. The third-order valence-electron chi connectivity index (χ3n) is 2.13. The van der Waals surface area contributed by atoms with Crippen molar-refractivity contribution >= 4 is 44.2 Å². The summed E-state index contributed by atoms with van der Waals surface area (Å²) in [5.41, 5.74) is 0.665. The SMILES string of the molecule is CN(C)S(=O)(=O)c1ccc2sc(S)nc2c1. The highest BCUT2D eigenvalue weighted by Gasteiger charge is 2.17. The van der Waals surface area contributed by atoms with Gasteiger partial charge in [-0.1, -0.05) is 0 Å². The summed E-state index contributed by atoms with van der Waals surface area (Å²) in [4.78, 5) is 4.40. The average Bonchev–Trinajstić information content (AvgIpc) is 2.56. The minimum Gasteiger partial charge on any atom is -0.230 e. The summed E-state index contributed by atoms with van der Waals surface area (Å²) >= 11 is 5.56. The zero-order chi connectivity index (χ0) is 11.9. The lowest BCUT2D eigenvalue weighted by atomic mass is 10.3. The Balaban J connectivity index is 2.63. The molecule has 1 aromatic carbocycles. The zero-order valence-electron chi connectivity index (χ0n) is 8.71. The molecule has 0 N–H and O–H groups in total. The van der Waals surface area contributed by atoms with Gasteiger partial charge < -0.3 is 0 Å². The molecular formula is C9H10N2O2S3. The lowest BCUT2D eigenvalue weighted by molar-refractivity contribution is 0.521. The van der Waals surface area contributed by atoms with Gasteiger partial charge in [-0.05, 0) is 18.2 Å². The molecule has 0 aliphatic rings. The molecular weight excluding hydrogens is 264 g/mol. The molecule has 0 atom stereocenters. The monoisotopic (exact) mass is 274 g/mol. The average molecular weight is 274 g/mol. The highest BCUT2D eigenvalue weighted by atomic mass is 32.2. The molecule has 2 rings (SSSR count). The second-order valence-electron chi connectivity index (χ2n) is 3.41. The first-order valence-electron chi connectivity index (χ1n) is 4.43. The van der Waals surface area contributed by atoms with Gasteiger partial charge in [-0.2, -0.15) is 0 Å². The van der Waals surface area contributed by atoms with E-state index in [1.54, 1.807) is 18.2 Å². The Bertz CT molecular complexity index is 631. The Kier molecular flexibility index (Phi) is 2.95. The number of thiazole rings is 1. The van der Waals surface area contributed by atoms with Crippen molar-refractivity contribution in [2.75, 3.05) is 14.1 Å². The van der Waals surface area contributed by atoms with E-state index in [0.717, 1.165) is 4.70 Å². The summed E-state index contributed by atoms with van der Waals surface area (Å²) in [6, 6.07) is 4.91. The van der Waals surface area contributed by atoms with Crippen LogP contribution in [0.25, 0.3) is 10.2 Å². The molecule has 0 unspecified atom stereocenters. The van der Waals surface area contributed by atoms with Gasteiger partial charge in [0.25, 0.3) is 0 Å². The molecule has 0 spiro atoms. The van der Waals surface area contributed by atoms with Crippen LogP contribution >= 0.6 is 24.0 Å². The highest BCUT2D eigenvalue weighted by molar-refractivity contribution is 7.89. The maximum absolute atomic E-state index is 11.9. The van der Waals surface area contributed by atoms with Crippen LogP contribution in [0, 0.1) is 0 Å². The first-order valence-corrected chi connectivity index (χ1v) is 7.14. The Morgan fingerprint density at radius 3 is 2.69 bits per heavy atom. The molecule has 0 saturated heterocycles. The number of hydrogen-bond acceptors (Lipinski definition) is 5. The molecule has 2 aromatic rings. The van der Waals surface area contributed by atoms with E-state index in [1.165, 1.54) is 29.7 Å². The van der Waals surface area contributed by atoms with E-state index < -0.39 is 10.0 Å². The Morgan fingerprint density at radius 1 is 1.38 bits per heavy atom. The smallest absolute Gasteiger partial charge is 0.230 e. The van der Waals surface area contributed by atoms with Crippen LogP contribution in [0.3, 0.4) is 0 Å². The van der Waals surface area contributed by atoms with Crippen LogP contribution in [0.4, 0.5) is 0 Å². The van der Waals surface area contributed by atoms with Crippen molar-refractivity contribution in [1.29, 1.82) is 0 Å². The van der Waals surface area contributed by atoms with Gasteiger partial charge in [-0.25, -0.2) is 17.7 Å². The zero-order valence-corrected chi connectivity index (χ0v) is 11.2. The lowest BCUT2D eigenvalue weighted by Crippen LogP contribution is -2.22. The summed E-state index contributed by atoms with van der Waals surface area (Å²) in [7, 11) is -0.377. The number of fused-ring (bicyclic) bond motifs is 1. The summed E-state index contributed by atoms with van der Waals surface area (Å²) in [5, 5.41) is 0. The van der Waals surface area contributed by atoms with Gasteiger partial charge in [-0.3, -0.25) is 0 Å². The van der Waals surface area contributed by atoms with E-state index >= 15 is 0 Å². The Hall–Kier alpha value is -0.630. The van der Waals surface area contributed by atoms with Gasteiger partial charge in [0.2, 0.25) is 10.0 Å². The molecule has 0 aliphatic carbocycles. The van der Waals surface area contributed by atoms with Crippen LogP contribution in [-0.2, 0) is 10.0 Å². The predicted molar refractivity (Wildman–Crippen MR) is 67.7 cm³/mol. The van der Waals surface area contributed by atoms with E-state index in [1.807, 2.05) is 0 Å². The maximum Gasteiger partial charge on any atom is 0.242 e. The third-order valence-corrected chi connectivity index (χ3v) is 5.15. The molecule has 0 radical (unpaired) electrons. The first-order chi connectivity index (χ1) is 7.41. The topological polar surface area (TPSA) is 50.3 Å². The van der Waals surface area contributed by atoms with Crippen molar-refractivity contribution in [3.8, 4) is 0 Å². The van der Waals surface area contributed by atoms with E-state index in [4.69, 9.17) is 0 Å². The van der Waals surface area contributed by atoms with Gasteiger partial charge in [0, 0.05) is 14.1 Å². The number of rotatable bonds is 2. The molecule has 1 heterocycles. The summed E-state index contributed by atoms with van der Waals surface area (Å²) < 4.78 is 26.5.